The molecule has 0 saturated carbocycles. The lowest BCUT2D eigenvalue weighted by Gasteiger charge is -2.12. The number of hydrogen-bond donors (Lipinski definition) is 2. The van der Waals surface area contributed by atoms with Crippen LogP contribution in [0.4, 0.5) is 5.95 Å². The molecule has 9 heteroatoms. The van der Waals surface area contributed by atoms with E-state index in [1.807, 2.05) is 0 Å². The number of carbonyl (C=O) groups is 1. The fourth-order valence-corrected chi connectivity index (χ4v) is 3.25. The molecular weight excluding hydrogens is 424 g/mol. The molecular formula is C24H30N4O5. The minimum atomic E-state index is -0.366. The first-order valence-electron chi connectivity index (χ1n) is 10.9. The molecule has 1 amide bonds. The second kappa shape index (κ2) is 11.8. The molecule has 176 valence electrons. The maximum Gasteiger partial charge on any atom is 0.258 e. The van der Waals surface area contributed by atoms with Crippen molar-refractivity contribution in [2.24, 2.45) is 0 Å². The number of nitrogens with one attached hydrogen (secondary N) is 2. The Morgan fingerprint density at radius 1 is 0.939 bits per heavy atom. The number of methoxy groups -OCH3 is 3. The van der Waals surface area contributed by atoms with Gasteiger partial charge in [0.1, 0.15) is 11.5 Å². The van der Waals surface area contributed by atoms with Gasteiger partial charge in [-0.25, -0.2) is 0 Å². The van der Waals surface area contributed by atoms with Gasteiger partial charge in [-0.2, -0.15) is 4.98 Å². The molecule has 0 bridgehead atoms. The van der Waals surface area contributed by atoms with Gasteiger partial charge in [-0.15, -0.1) is 5.10 Å². The fraction of sp³-hybridized carbons (Fsp3) is 0.375. The van der Waals surface area contributed by atoms with Gasteiger partial charge in [-0.05, 0) is 36.8 Å². The van der Waals surface area contributed by atoms with Gasteiger partial charge in [0.2, 0.25) is 5.95 Å². The van der Waals surface area contributed by atoms with E-state index in [0.29, 0.717) is 46.6 Å². The lowest BCUT2D eigenvalue weighted by atomic mass is 10.2. The highest BCUT2D eigenvalue weighted by molar-refractivity contribution is 6.03. The molecule has 9 nitrogen and oxygen atoms in total. The highest BCUT2D eigenvalue weighted by atomic mass is 16.5. The third kappa shape index (κ3) is 6.15. The predicted molar refractivity (Wildman–Crippen MR) is 126 cm³/mol. The monoisotopic (exact) mass is 454 g/mol. The Labute approximate surface area is 193 Å². The number of nitrogens with zero attached hydrogens (tertiary/aromatic N) is 2. The standard InChI is InChI=1S/C24H30N4O5/c1-5-6-7-8-13-33-19-12-9-16(14-21(19)32-4)23(29)26-24-25-22(27-28-24)18-11-10-17(30-2)15-20(18)31-3/h9-12,14-15H,5-8,13H2,1-4H3,(H2,25,26,27,28,29). The van der Waals surface area contributed by atoms with Crippen LogP contribution in [0, 0.1) is 0 Å². The molecule has 0 fully saturated rings. The van der Waals surface area contributed by atoms with Gasteiger partial charge < -0.3 is 18.9 Å². The number of H-pyrrole nitrogens is 1. The van der Waals surface area contributed by atoms with E-state index in [9.17, 15) is 4.79 Å². The Hall–Kier alpha value is -3.75. The SMILES string of the molecule is CCCCCCOc1ccc(C(=O)Nc2n[nH]c(-c3ccc(OC)cc3OC)n2)cc1OC. The predicted octanol–water partition coefficient (Wildman–Crippen LogP) is 4.71. The third-order valence-electron chi connectivity index (χ3n) is 5.06. The van der Waals surface area contributed by atoms with Gasteiger partial charge in [0.25, 0.3) is 5.91 Å². The third-order valence-corrected chi connectivity index (χ3v) is 5.06. The van der Waals surface area contributed by atoms with Gasteiger partial charge in [-0.1, -0.05) is 26.2 Å². The molecule has 0 unspecified atom stereocenters. The molecule has 0 saturated heterocycles. The van der Waals surface area contributed by atoms with E-state index in [1.54, 1.807) is 57.7 Å². The summed E-state index contributed by atoms with van der Waals surface area (Å²) in [5.74, 6) is 2.56. The van der Waals surface area contributed by atoms with E-state index in [0.717, 1.165) is 12.8 Å². The summed E-state index contributed by atoms with van der Waals surface area (Å²) in [6, 6.07) is 10.4. The maximum absolute atomic E-state index is 12.7. The first-order chi connectivity index (χ1) is 16.1. The van der Waals surface area contributed by atoms with Crippen molar-refractivity contribution in [1.29, 1.82) is 0 Å². The van der Waals surface area contributed by atoms with Crippen LogP contribution in [0.25, 0.3) is 11.4 Å². The Kier molecular flexibility index (Phi) is 8.51. The van der Waals surface area contributed by atoms with Crippen molar-refractivity contribution < 1.29 is 23.7 Å². The molecule has 1 aromatic heterocycles. The summed E-state index contributed by atoms with van der Waals surface area (Å²) in [5, 5.41) is 9.60. The Morgan fingerprint density at radius 2 is 1.76 bits per heavy atom. The zero-order valence-electron chi connectivity index (χ0n) is 19.4. The van der Waals surface area contributed by atoms with Crippen LogP contribution in [-0.2, 0) is 0 Å². The van der Waals surface area contributed by atoms with Crippen LogP contribution in [0.15, 0.2) is 36.4 Å². The second-order valence-corrected chi connectivity index (χ2v) is 7.30. The molecule has 0 spiro atoms. The van der Waals surface area contributed by atoms with Crippen molar-refractivity contribution in [1.82, 2.24) is 15.2 Å². The molecule has 0 radical (unpaired) electrons. The van der Waals surface area contributed by atoms with E-state index in [1.165, 1.54) is 12.8 Å². The number of benzene rings is 2. The number of rotatable bonds is 12. The normalized spacial score (nSPS) is 10.5. The lowest BCUT2D eigenvalue weighted by molar-refractivity contribution is 0.102. The zero-order chi connectivity index (χ0) is 23.6. The number of ether oxygens (including phenoxy) is 4. The van der Waals surface area contributed by atoms with Crippen molar-refractivity contribution in [3.05, 3.63) is 42.0 Å². The molecule has 33 heavy (non-hydrogen) atoms. The van der Waals surface area contributed by atoms with Crippen molar-refractivity contribution in [3.63, 3.8) is 0 Å². The zero-order valence-corrected chi connectivity index (χ0v) is 19.4. The largest absolute Gasteiger partial charge is 0.497 e. The highest BCUT2D eigenvalue weighted by Gasteiger charge is 2.16. The molecule has 3 aromatic rings. The van der Waals surface area contributed by atoms with Gasteiger partial charge in [0.05, 0.1) is 33.5 Å². The topological polar surface area (TPSA) is 108 Å². The van der Waals surface area contributed by atoms with E-state index < -0.39 is 0 Å². The van der Waals surface area contributed by atoms with Crippen LogP contribution in [0.2, 0.25) is 0 Å². The minimum Gasteiger partial charge on any atom is -0.497 e. The first-order valence-corrected chi connectivity index (χ1v) is 10.9. The molecule has 0 aliphatic heterocycles. The number of hydrogen-bond acceptors (Lipinski definition) is 7. The summed E-state index contributed by atoms with van der Waals surface area (Å²) in [4.78, 5) is 17.1. The molecule has 2 aromatic carbocycles. The number of aromatic nitrogens is 3. The quantitative estimate of drug-likeness (QED) is 0.382. The lowest BCUT2D eigenvalue weighted by Crippen LogP contribution is -2.13. The van der Waals surface area contributed by atoms with E-state index in [2.05, 4.69) is 27.4 Å². The van der Waals surface area contributed by atoms with E-state index >= 15 is 0 Å². The van der Waals surface area contributed by atoms with Crippen LogP contribution in [0.3, 0.4) is 0 Å². The second-order valence-electron chi connectivity index (χ2n) is 7.30. The molecule has 0 aliphatic rings. The number of unbranched alkanes of at least 4 members (excludes halogenated alkanes) is 3. The fourth-order valence-electron chi connectivity index (χ4n) is 3.25. The van der Waals surface area contributed by atoms with Crippen LogP contribution in [-0.4, -0.2) is 49.0 Å². The Balaban J connectivity index is 1.68. The smallest absolute Gasteiger partial charge is 0.258 e. The molecule has 0 aliphatic carbocycles. The van der Waals surface area contributed by atoms with Gasteiger partial charge >= 0.3 is 0 Å². The minimum absolute atomic E-state index is 0.142. The number of anilines is 1. The summed E-state index contributed by atoms with van der Waals surface area (Å²) in [7, 11) is 4.69. The summed E-state index contributed by atoms with van der Waals surface area (Å²) >= 11 is 0. The van der Waals surface area contributed by atoms with Crippen molar-refractivity contribution in [2.45, 2.75) is 32.6 Å². The van der Waals surface area contributed by atoms with Crippen LogP contribution in [0.5, 0.6) is 23.0 Å². The average molecular weight is 455 g/mol. The van der Waals surface area contributed by atoms with Gasteiger partial charge in [0, 0.05) is 11.6 Å². The van der Waals surface area contributed by atoms with Crippen molar-refractivity contribution in [3.8, 4) is 34.4 Å². The Bertz CT molecular complexity index is 1070. The highest BCUT2D eigenvalue weighted by Crippen LogP contribution is 2.32. The van der Waals surface area contributed by atoms with Crippen molar-refractivity contribution in [2.75, 3.05) is 33.3 Å². The molecule has 2 N–H and O–H groups in total. The Morgan fingerprint density at radius 3 is 2.48 bits per heavy atom. The van der Waals surface area contributed by atoms with Crippen molar-refractivity contribution >= 4 is 11.9 Å². The summed E-state index contributed by atoms with van der Waals surface area (Å²) in [5.41, 5.74) is 1.09. The van der Waals surface area contributed by atoms with Gasteiger partial charge in [-0.3, -0.25) is 15.2 Å². The maximum atomic E-state index is 12.7. The molecule has 0 atom stereocenters. The number of amides is 1. The summed E-state index contributed by atoms with van der Waals surface area (Å²) in [6.07, 6.45) is 4.46. The summed E-state index contributed by atoms with van der Waals surface area (Å²) < 4.78 is 21.8. The van der Waals surface area contributed by atoms with E-state index in [-0.39, 0.29) is 11.9 Å². The molecule has 1 heterocycles. The average Bonchev–Trinajstić information content (AvgIpc) is 3.31. The van der Waals surface area contributed by atoms with Crippen LogP contribution in [0.1, 0.15) is 43.0 Å². The van der Waals surface area contributed by atoms with Crippen LogP contribution < -0.4 is 24.3 Å². The molecule has 3 rings (SSSR count). The van der Waals surface area contributed by atoms with E-state index in [4.69, 9.17) is 18.9 Å². The summed E-state index contributed by atoms with van der Waals surface area (Å²) in [6.45, 7) is 2.78. The first kappa shape index (κ1) is 23.9. The van der Waals surface area contributed by atoms with Gasteiger partial charge in [0.15, 0.2) is 17.3 Å². The number of aromatic amines is 1. The number of carbonyl (C=O) groups excluding carboxylic acids is 1. The van der Waals surface area contributed by atoms with Crippen LogP contribution >= 0.6 is 0 Å².